The minimum absolute atomic E-state index is 0.366. The molecule has 1 aromatic heterocycles. The van der Waals surface area contributed by atoms with Crippen LogP contribution in [-0.2, 0) is 11.3 Å². The van der Waals surface area contributed by atoms with Crippen molar-refractivity contribution >= 4 is 17.4 Å². The summed E-state index contributed by atoms with van der Waals surface area (Å²) in [6, 6.07) is 3.80. The summed E-state index contributed by atoms with van der Waals surface area (Å²) in [4.78, 5) is 6.71. The van der Waals surface area contributed by atoms with E-state index in [-0.39, 0.29) is 0 Å². The third kappa shape index (κ3) is 3.02. The first-order chi connectivity index (χ1) is 8.74. The molecule has 0 saturated carbocycles. The van der Waals surface area contributed by atoms with Gasteiger partial charge < -0.3 is 15.4 Å². The van der Waals surface area contributed by atoms with Crippen LogP contribution in [-0.4, -0.2) is 31.8 Å². The average molecular weight is 268 g/mol. The summed E-state index contributed by atoms with van der Waals surface area (Å²) in [6.45, 7) is 2.90. The number of methoxy groups -OCH3 is 1. The Kier molecular flexibility index (Phi) is 4.58. The van der Waals surface area contributed by atoms with Crippen LogP contribution in [0.4, 0.5) is 5.82 Å². The van der Waals surface area contributed by atoms with Crippen LogP contribution in [0.2, 0.25) is 5.02 Å². The van der Waals surface area contributed by atoms with Gasteiger partial charge in [0.05, 0.1) is 17.3 Å². The molecule has 18 heavy (non-hydrogen) atoms. The Balaban J connectivity index is 2.10. The molecule has 0 radical (unpaired) electrons. The summed E-state index contributed by atoms with van der Waals surface area (Å²) in [5.41, 5.74) is 7.72. The second-order valence-electron chi connectivity index (χ2n) is 4.29. The summed E-state index contributed by atoms with van der Waals surface area (Å²) in [7, 11) is 1.72. The van der Waals surface area contributed by atoms with Crippen LogP contribution >= 0.6 is 11.6 Å². The van der Waals surface area contributed by atoms with Gasteiger partial charge in [-0.1, -0.05) is 17.7 Å². The predicted octanol–water partition coefficient (Wildman–Crippen LogP) is 1.98. The Labute approximate surface area is 112 Å². The molecule has 0 aromatic carbocycles. The van der Waals surface area contributed by atoms with Crippen LogP contribution in [0.25, 0.3) is 0 Å². The molecule has 2 N–H and O–H groups in total. The molecule has 0 aliphatic carbocycles. The van der Waals surface area contributed by atoms with Gasteiger partial charge in [-0.05, 0) is 24.1 Å². The quantitative estimate of drug-likeness (QED) is 0.848. The zero-order valence-electron chi connectivity index (χ0n) is 10.5. The SMILES string of the molecule is COCC1=CCN(c2ccc(Cl)c(CN)n2)CC1. The first-order valence-corrected chi connectivity index (χ1v) is 6.39. The fourth-order valence-corrected chi connectivity index (χ4v) is 2.21. The average Bonchev–Trinajstić information content (AvgIpc) is 2.41. The van der Waals surface area contributed by atoms with E-state index in [2.05, 4.69) is 16.0 Å². The van der Waals surface area contributed by atoms with E-state index in [9.17, 15) is 0 Å². The van der Waals surface area contributed by atoms with E-state index < -0.39 is 0 Å². The normalized spacial score (nSPS) is 15.7. The number of aromatic nitrogens is 1. The lowest BCUT2D eigenvalue weighted by Crippen LogP contribution is -2.30. The predicted molar refractivity (Wildman–Crippen MR) is 73.9 cm³/mol. The first-order valence-electron chi connectivity index (χ1n) is 6.02. The van der Waals surface area contributed by atoms with Gasteiger partial charge in [0.15, 0.2) is 0 Å². The fraction of sp³-hybridized carbons (Fsp3) is 0.462. The van der Waals surface area contributed by atoms with Crippen molar-refractivity contribution in [3.8, 4) is 0 Å². The Morgan fingerprint density at radius 3 is 2.94 bits per heavy atom. The lowest BCUT2D eigenvalue weighted by Gasteiger charge is -2.27. The van der Waals surface area contributed by atoms with Crippen molar-refractivity contribution in [1.29, 1.82) is 0 Å². The van der Waals surface area contributed by atoms with Crippen LogP contribution in [0, 0.1) is 0 Å². The van der Waals surface area contributed by atoms with Crippen LogP contribution in [0.15, 0.2) is 23.8 Å². The molecule has 98 valence electrons. The molecule has 0 unspecified atom stereocenters. The van der Waals surface area contributed by atoms with Crippen LogP contribution < -0.4 is 10.6 Å². The van der Waals surface area contributed by atoms with Crippen molar-refractivity contribution in [3.63, 3.8) is 0 Å². The largest absolute Gasteiger partial charge is 0.380 e. The number of hydrogen-bond donors (Lipinski definition) is 1. The smallest absolute Gasteiger partial charge is 0.129 e. The summed E-state index contributed by atoms with van der Waals surface area (Å²) >= 11 is 6.01. The number of pyridine rings is 1. The van der Waals surface area contributed by atoms with E-state index in [1.807, 2.05) is 12.1 Å². The zero-order valence-corrected chi connectivity index (χ0v) is 11.3. The molecule has 4 nitrogen and oxygen atoms in total. The molecule has 5 heteroatoms. The Hall–Kier alpha value is -1.10. The molecule has 1 aliphatic rings. The van der Waals surface area contributed by atoms with Crippen LogP contribution in [0.3, 0.4) is 0 Å². The highest BCUT2D eigenvalue weighted by Crippen LogP contribution is 2.21. The lowest BCUT2D eigenvalue weighted by molar-refractivity contribution is 0.222. The van der Waals surface area contributed by atoms with Gasteiger partial charge in [0.1, 0.15) is 5.82 Å². The molecule has 2 rings (SSSR count). The van der Waals surface area contributed by atoms with Gasteiger partial charge in [0, 0.05) is 26.7 Å². The van der Waals surface area contributed by atoms with Crippen molar-refractivity contribution in [2.45, 2.75) is 13.0 Å². The molecule has 0 amide bonds. The maximum Gasteiger partial charge on any atom is 0.129 e. The van der Waals surface area contributed by atoms with Gasteiger partial charge >= 0.3 is 0 Å². The fourth-order valence-electron chi connectivity index (χ4n) is 2.03. The van der Waals surface area contributed by atoms with E-state index in [0.29, 0.717) is 11.6 Å². The highest BCUT2D eigenvalue weighted by Gasteiger charge is 2.14. The maximum absolute atomic E-state index is 6.01. The van der Waals surface area contributed by atoms with E-state index >= 15 is 0 Å². The third-order valence-corrected chi connectivity index (χ3v) is 3.40. The van der Waals surface area contributed by atoms with Crippen molar-refractivity contribution < 1.29 is 4.74 Å². The standard InChI is InChI=1S/C13H18ClN3O/c1-18-9-10-4-6-17(7-5-10)13-3-2-11(14)12(8-15)16-13/h2-4H,5-9,15H2,1H3. The third-order valence-electron chi connectivity index (χ3n) is 3.05. The zero-order chi connectivity index (χ0) is 13.0. The number of rotatable bonds is 4. The first kappa shape index (κ1) is 13.3. The monoisotopic (exact) mass is 267 g/mol. The van der Waals surface area contributed by atoms with Crippen molar-refractivity contribution in [2.24, 2.45) is 5.73 Å². The van der Waals surface area contributed by atoms with Gasteiger partial charge in [-0.3, -0.25) is 0 Å². The molecule has 0 saturated heterocycles. The molecule has 1 aromatic rings. The summed E-state index contributed by atoms with van der Waals surface area (Å²) in [5.74, 6) is 0.938. The number of nitrogens with zero attached hydrogens (tertiary/aromatic N) is 2. The van der Waals surface area contributed by atoms with E-state index in [1.54, 1.807) is 7.11 Å². The molecule has 0 fully saturated rings. The van der Waals surface area contributed by atoms with E-state index in [4.69, 9.17) is 22.1 Å². The molecule has 0 atom stereocenters. The summed E-state index contributed by atoms with van der Waals surface area (Å²) < 4.78 is 5.14. The number of halogens is 1. The Bertz CT molecular complexity index is 448. The number of nitrogens with two attached hydrogens (primary N) is 1. The van der Waals surface area contributed by atoms with Crippen molar-refractivity contribution in [1.82, 2.24) is 4.98 Å². The van der Waals surface area contributed by atoms with Gasteiger partial charge in [-0.2, -0.15) is 0 Å². The van der Waals surface area contributed by atoms with Gasteiger partial charge in [0.25, 0.3) is 0 Å². The second kappa shape index (κ2) is 6.18. The van der Waals surface area contributed by atoms with E-state index in [1.165, 1.54) is 5.57 Å². The van der Waals surface area contributed by atoms with E-state index in [0.717, 1.165) is 37.6 Å². The minimum Gasteiger partial charge on any atom is -0.380 e. The molecule has 2 heterocycles. The van der Waals surface area contributed by atoms with Crippen LogP contribution in [0.5, 0.6) is 0 Å². The Morgan fingerprint density at radius 2 is 2.33 bits per heavy atom. The van der Waals surface area contributed by atoms with Crippen molar-refractivity contribution in [3.05, 3.63) is 34.5 Å². The number of ether oxygens (including phenoxy) is 1. The molecule has 0 bridgehead atoms. The maximum atomic E-state index is 6.01. The second-order valence-corrected chi connectivity index (χ2v) is 4.70. The lowest BCUT2D eigenvalue weighted by atomic mass is 10.1. The molecule has 1 aliphatic heterocycles. The highest BCUT2D eigenvalue weighted by atomic mass is 35.5. The highest BCUT2D eigenvalue weighted by molar-refractivity contribution is 6.31. The van der Waals surface area contributed by atoms with Crippen LogP contribution in [0.1, 0.15) is 12.1 Å². The summed E-state index contributed by atoms with van der Waals surface area (Å²) in [5, 5.41) is 0.633. The van der Waals surface area contributed by atoms with Gasteiger partial charge in [-0.25, -0.2) is 4.98 Å². The minimum atomic E-state index is 0.366. The topological polar surface area (TPSA) is 51.4 Å². The van der Waals surface area contributed by atoms with Gasteiger partial charge in [-0.15, -0.1) is 0 Å². The van der Waals surface area contributed by atoms with Gasteiger partial charge in [0.2, 0.25) is 0 Å². The molecular weight excluding hydrogens is 250 g/mol. The number of anilines is 1. The molecule has 0 spiro atoms. The Morgan fingerprint density at radius 1 is 1.50 bits per heavy atom. The molecular formula is C13H18ClN3O. The summed E-state index contributed by atoms with van der Waals surface area (Å²) in [6.07, 6.45) is 3.21. The van der Waals surface area contributed by atoms with Crippen molar-refractivity contribution in [2.75, 3.05) is 31.7 Å². The number of hydrogen-bond acceptors (Lipinski definition) is 4.